The summed E-state index contributed by atoms with van der Waals surface area (Å²) < 4.78 is 9.41. The molecule has 0 bridgehead atoms. The molecule has 1 amide bonds. The molecular formula is C13H20N2O5. The Morgan fingerprint density at radius 1 is 1.15 bits per heavy atom. The highest BCUT2D eigenvalue weighted by molar-refractivity contribution is 5.81. The normalized spacial score (nSPS) is 9.20. The first-order valence-corrected chi connectivity index (χ1v) is 6.44. The van der Waals surface area contributed by atoms with Crippen LogP contribution in [0.25, 0.3) is 0 Å². The number of aliphatic imine (C=N–C) groups is 1. The van der Waals surface area contributed by atoms with Crippen molar-refractivity contribution in [1.29, 1.82) is 0 Å². The van der Waals surface area contributed by atoms with Gasteiger partial charge in [-0.1, -0.05) is 19.4 Å². The largest absolute Gasteiger partial charge is 0.459 e. The number of isocyanates is 1. The van der Waals surface area contributed by atoms with Crippen molar-refractivity contribution in [3.63, 3.8) is 0 Å². The van der Waals surface area contributed by atoms with Crippen LogP contribution in [0.5, 0.6) is 0 Å². The van der Waals surface area contributed by atoms with Crippen LogP contribution in [0.15, 0.2) is 17.6 Å². The molecule has 0 aromatic carbocycles. The Bertz CT molecular complexity index is 351. The molecular weight excluding hydrogens is 264 g/mol. The Hall–Kier alpha value is -2.14. The Kier molecular flexibility index (Phi) is 11.9. The van der Waals surface area contributed by atoms with Crippen LogP contribution >= 0.6 is 0 Å². The van der Waals surface area contributed by atoms with Gasteiger partial charge in [0.1, 0.15) is 13.2 Å². The monoisotopic (exact) mass is 284 g/mol. The van der Waals surface area contributed by atoms with Crippen molar-refractivity contribution in [2.75, 3.05) is 26.3 Å². The zero-order chi connectivity index (χ0) is 15.1. The summed E-state index contributed by atoms with van der Waals surface area (Å²) in [5.41, 5.74) is 0. The maximum Gasteiger partial charge on any atom is 0.407 e. The molecule has 0 aromatic heterocycles. The summed E-state index contributed by atoms with van der Waals surface area (Å²) in [5, 5.41) is 2.58. The first-order valence-electron chi connectivity index (χ1n) is 6.44. The topological polar surface area (TPSA) is 94.1 Å². The Morgan fingerprint density at radius 2 is 1.85 bits per heavy atom. The summed E-state index contributed by atoms with van der Waals surface area (Å²) in [5.74, 6) is -0.548. The van der Waals surface area contributed by atoms with Gasteiger partial charge < -0.3 is 14.8 Å². The predicted octanol–water partition coefficient (Wildman–Crippen LogP) is 1.34. The van der Waals surface area contributed by atoms with Crippen molar-refractivity contribution in [1.82, 2.24) is 5.32 Å². The van der Waals surface area contributed by atoms with E-state index in [1.807, 2.05) is 0 Å². The average Bonchev–Trinajstić information content (AvgIpc) is 2.46. The molecule has 0 rings (SSSR count). The summed E-state index contributed by atoms with van der Waals surface area (Å²) >= 11 is 0. The summed E-state index contributed by atoms with van der Waals surface area (Å²) in [6, 6.07) is 0. The number of amides is 1. The number of carbonyl (C=O) groups excluding carboxylic acids is 3. The zero-order valence-electron chi connectivity index (χ0n) is 11.4. The Labute approximate surface area is 118 Å². The highest BCUT2D eigenvalue weighted by Crippen LogP contribution is 1.98. The van der Waals surface area contributed by atoms with Gasteiger partial charge in [-0.2, -0.15) is 0 Å². The molecule has 0 aliphatic carbocycles. The van der Waals surface area contributed by atoms with Crippen molar-refractivity contribution in [3.05, 3.63) is 12.7 Å². The number of unbranched alkanes of at least 4 members (excludes halogenated alkanes) is 3. The number of hydrogen-bond acceptors (Lipinski definition) is 6. The van der Waals surface area contributed by atoms with Crippen LogP contribution in [-0.4, -0.2) is 44.4 Å². The minimum atomic E-state index is -0.548. The van der Waals surface area contributed by atoms with Crippen LogP contribution in [0.2, 0.25) is 0 Å². The molecule has 0 spiro atoms. The van der Waals surface area contributed by atoms with Crippen molar-refractivity contribution < 1.29 is 23.9 Å². The number of esters is 1. The van der Waals surface area contributed by atoms with Gasteiger partial charge in [0.2, 0.25) is 6.08 Å². The molecule has 0 unspecified atom stereocenters. The molecule has 0 saturated heterocycles. The fourth-order valence-electron chi connectivity index (χ4n) is 1.29. The minimum absolute atomic E-state index is 0.00904. The molecule has 0 fully saturated rings. The second kappa shape index (κ2) is 13.3. The van der Waals surface area contributed by atoms with Crippen LogP contribution in [0.1, 0.15) is 25.7 Å². The SMILES string of the molecule is C=CC(=O)OCCOC(=O)NCCCCCCN=C=O. The highest BCUT2D eigenvalue weighted by Gasteiger charge is 2.01. The number of nitrogens with zero attached hydrogens (tertiary/aromatic N) is 1. The summed E-state index contributed by atoms with van der Waals surface area (Å²) in [6.45, 7) is 4.27. The molecule has 0 atom stereocenters. The van der Waals surface area contributed by atoms with Gasteiger partial charge in [-0.25, -0.2) is 19.4 Å². The number of hydrogen-bond donors (Lipinski definition) is 1. The molecule has 0 aliphatic heterocycles. The van der Waals surface area contributed by atoms with Gasteiger partial charge in [-0.15, -0.1) is 0 Å². The van der Waals surface area contributed by atoms with E-state index < -0.39 is 12.1 Å². The summed E-state index contributed by atoms with van der Waals surface area (Å²) in [7, 11) is 0. The van der Waals surface area contributed by atoms with Gasteiger partial charge >= 0.3 is 12.1 Å². The second-order valence-corrected chi connectivity index (χ2v) is 3.82. The fraction of sp³-hybridized carbons (Fsp3) is 0.615. The third-order valence-electron chi connectivity index (χ3n) is 2.26. The van der Waals surface area contributed by atoms with Gasteiger partial charge in [0.25, 0.3) is 0 Å². The molecule has 0 saturated carbocycles. The minimum Gasteiger partial charge on any atom is -0.459 e. The number of alkyl carbamates (subject to hydrolysis) is 1. The van der Waals surface area contributed by atoms with E-state index in [1.54, 1.807) is 0 Å². The summed E-state index contributed by atoms with van der Waals surface area (Å²) in [4.78, 5) is 35.1. The van der Waals surface area contributed by atoms with E-state index in [0.29, 0.717) is 13.1 Å². The third kappa shape index (κ3) is 12.3. The van der Waals surface area contributed by atoms with E-state index in [4.69, 9.17) is 4.74 Å². The zero-order valence-corrected chi connectivity index (χ0v) is 11.4. The Morgan fingerprint density at radius 3 is 2.55 bits per heavy atom. The molecule has 0 radical (unpaired) electrons. The van der Waals surface area contributed by atoms with Crippen molar-refractivity contribution in [2.45, 2.75) is 25.7 Å². The molecule has 1 N–H and O–H groups in total. The standard InChI is InChI=1S/C13H20N2O5/c1-2-12(17)19-9-10-20-13(18)15-8-6-4-3-5-7-14-11-16/h2H,1,3-10H2,(H,15,18). The van der Waals surface area contributed by atoms with Gasteiger partial charge in [0.05, 0.1) is 6.54 Å². The lowest BCUT2D eigenvalue weighted by Crippen LogP contribution is -2.26. The first kappa shape index (κ1) is 17.9. The van der Waals surface area contributed by atoms with Gasteiger partial charge in [-0.3, -0.25) is 0 Å². The van der Waals surface area contributed by atoms with E-state index in [0.717, 1.165) is 31.8 Å². The molecule has 20 heavy (non-hydrogen) atoms. The van der Waals surface area contributed by atoms with E-state index in [9.17, 15) is 14.4 Å². The number of carbonyl (C=O) groups is 2. The van der Waals surface area contributed by atoms with Crippen LogP contribution in [0, 0.1) is 0 Å². The average molecular weight is 284 g/mol. The van der Waals surface area contributed by atoms with Crippen molar-refractivity contribution >= 4 is 18.1 Å². The van der Waals surface area contributed by atoms with E-state index in [1.165, 1.54) is 6.08 Å². The molecule has 7 nitrogen and oxygen atoms in total. The predicted molar refractivity (Wildman–Crippen MR) is 72.0 cm³/mol. The lowest BCUT2D eigenvalue weighted by Gasteiger charge is -2.06. The third-order valence-corrected chi connectivity index (χ3v) is 2.26. The van der Waals surface area contributed by atoms with Gasteiger partial charge in [-0.05, 0) is 12.8 Å². The van der Waals surface area contributed by atoms with Gasteiger partial charge in [0.15, 0.2) is 0 Å². The first-order chi connectivity index (χ1) is 9.70. The maximum absolute atomic E-state index is 11.2. The van der Waals surface area contributed by atoms with Gasteiger partial charge in [0, 0.05) is 12.6 Å². The van der Waals surface area contributed by atoms with Crippen LogP contribution < -0.4 is 5.32 Å². The quantitative estimate of drug-likeness (QED) is 0.203. The lowest BCUT2D eigenvalue weighted by atomic mass is 10.2. The number of nitrogens with one attached hydrogen (secondary N) is 1. The Balaban J connectivity index is 3.30. The molecule has 0 aromatic rings. The smallest absolute Gasteiger partial charge is 0.407 e. The summed E-state index contributed by atoms with van der Waals surface area (Å²) in [6.07, 6.45) is 5.54. The molecule has 0 aliphatic rings. The van der Waals surface area contributed by atoms with E-state index in [-0.39, 0.29) is 13.2 Å². The number of rotatable bonds is 11. The van der Waals surface area contributed by atoms with Crippen molar-refractivity contribution in [3.8, 4) is 0 Å². The van der Waals surface area contributed by atoms with Crippen LogP contribution in [0.3, 0.4) is 0 Å². The molecule has 7 heteroatoms. The highest BCUT2D eigenvalue weighted by atomic mass is 16.6. The lowest BCUT2D eigenvalue weighted by molar-refractivity contribution is -0.138. The fourth-order valence-corrected chi connectivity index (χ4v) is 1.29. The van der Waals surface area contributed by atoms with Crippen molar-refractivity contribution in [2.24, 2.45) is 4.99 Å². The number of ether oxygens (including phenoxy) is 2. The second-order valence-electron chi connectivity index (χ2n) is 3.82. The maximum atomic E-state index is 11.2. The molecule has 0 heterocycles. The van der Waals surface area contributed by atoms with E-state index >= 15 is 0 Å². The van der Waals surface area contributed by atoms with Crippen LogP contribution in [0.4, 0.5) is 4.79 Å². The van der Waals surface area contributed by atoms with E-state index in [2.05, 4.69) is 21.6 Å². The van der Waals surface area contributed by atoms with Crippen LogP contribution in [-0.2, 0) is 19.1 Å². The molecule has 112 valence electrons.